The van der Waals surface area contributed by atoms with Crippen LogP contribution < -0.4 is 0 Å². The van der Waals surface area contributed by atoms with Gasteiger partial charge in [-0.2, -0.15) is 13.2 Å². The van der Waals surface area contributed by atoms with Crippen LogP contribution in [0.15, 0.2) is 0 Å². The molecule has 0 aromatic carbocycles. The molecule has 0 radical (unpaired) electrons. The monoisotopic (exact) mass is 199 g/mol. The number of hydrogen-bond acceptors (Lipinski definition) is 3. The Morgan fingerprint density at radius 2 is 2.00 bits per heavy atom. The average molecular weight is 199 g/mol. The van der Waals surface area contributed by atoms with E-state index in [9.17, 15) is 13.2 Å². The highest BCUT2D eigenvalue weighted by molar-refractivity contribution is 5.72. The molecule has 0 bridgehead atoms. The zero-order valence-corrected chi connectivity index (χ0v) is 7.28. The Morgan fingerprint density at radius 3 is 2.46 bits per heavy atom. The number of rotatable bonds is 5. The van der Waals surface area contributed by atoms with Crippen molar-refractivity contribution < 1.29 is 22.6 Å². The fourth-order valence-electron chi connectivity index (χ4n) is 0.599. The molecule has 0 aliphatic rings. The zero-order chi connectivity index (χ0) is 10.3. The van der Waals surface area contributed by atoms with Crippen LogP contribution >= 0.6 is 0 Å². The van der Waals surface area contributed by atoms with Gasteiger partial charge in [0.05, 0.1) is 13.2 Å². The molecule has 13 heavy (non-hydrogen) atoms. The second-order valence-electron chi connectivity index (χ2n) is 2.27. The van der Waals surface area contributed by atoms with Gasteiger partial charge in [-0.05, 0) is 6.92 Å². The Balaban J connectivity index is 3.31. The molecule has 0 atom stereocenters. The molecule has 0 aliphatic heterocycles. The number of alkyl halides is 3. The summed E-state index contributed by atoms with van der Waals surface area (Å²) in [6, 6.07) is 0. The molecular formula is C7H12F3NO2. The highest BCUT2D eigenvalue weighted by Crippen LogP contribution is 2.14. The van der Waals surface area contributed by atoms with Crippen molar-refractivity contribution >= 4 is 5.90 Å². The van der Waals surface area contributed by atoms with E-state index >= 15 is 0 Å². The topological polar surface area (TPSA) is 42.3 Å². The Morgan fingerprint density at radius 1 is 1.38 bits per heavy atom. The quantitative estimate of drug-likeness (QED) is 0.418. The predicted molar refractivity (Wildman–Crippen MR) is 40.8 cm³/mol. The molecule has 0 aromatic rings. The van der Waals surface area contributed by atoms with Crippen LogP contribution in [0, 0.1) is 5.41 Å². The second kappa shape index (κ2) is 5.80. The smallest absolute Gasteiger partial charge is 0.411 e. The molecule has 0 unspecified atom stereocenters. The van der Waals surface area contributed by atoms with E-state index in [1.54, 1.807) is 6.92 Å². The van der Waals surface area contributed by atoms with Gasteiger partial charge in [-0.1, -0.05) is 0 Å². The van der Waals surface area contributed by atoms with Crippen LogP contribution in [-0.2, 0) is 9.47 Å². The number of halogens is 3. The number of nitrogens with one attached hydrogen (secondary N) is 1. The highest BCUT2D eigenvalue weighted by Gasteiger charge is 2.27. The summed E-state index contributed by atoms with van der Waals surface area (Å²) in [4.78, 5) is 0. The molecule has 0 spiro atoms. The number of ether oxygens (including phenoxy) is 2. The standard InChI is InChI=1S/C7H12F3NO2/c1-2-13-6(11)3-4-12-5-7(8,9)10/h11H,2-5H2,1H3. The minimum atomic E-state index is -4.30. The summed E-state index contributed by atoms with van der Waals surface area (Å²) >= 11 is 0. The van der Waals surface area contributed by atoms with Crippen LogP contribution in [0.25, 0.3) is 0 Å². The van der Waals surface area contributed by atoms with E-state index in [4.69, 9.17) is 10.1 Å². The van der Waals surface area contributed by atoms with E-state index in [-0.39, 0.29) is 18.9 Å². The van der Waals surface area contributed by atoms with Crippen molar-refractivity contribution in [3.05, 3.63) is 0 Å². The van der Waals surface area contributed by atoms with E-state index in [2.05, 4.69) is 4.74 Å². The fourth-order valence-corrected chi connectivity index (χ4v) is 0.599. The third-order valence-electron chi connectivity index (χ3n) is 1.06. The normalized spacial score (nSPS) is 11.4. The average Bonchev–Trinajstić information content (AvgIpc) is 1.97. The van der Waals surface area contributed by atoms with Gasteiger partial charge in [0.2, 0.25) is 0 Å². The molecule has 0 amide bonds. The molecule has 0 aromatic heterocycles. The molecule has 0 saturated carbocycles. The summed E-state index contributed by atoms with van der Waals surface area (Å²) in [5, 5.41) is 7.04. The van der Waals surface area contributed by atoms with Gasteiger partial charge in [-0.3, -0.25) is 5.41 Å². The Hall–Kier alpha value is -0.780. The summed E-state index contributed by atoms with van der Waals surface area (Å²) in [5.41, 5.74) is 0. The molecule has 0 saturated heterocycles. The molecule has 6 heteroatoms. The Labute approximate surface area is 74.3 Å². The summed E-state index contributed by atoms with van der Waals surface area (Å²) in [6.45, 7) is 0.633. The Bertz CT molecular complexity index is 158. The minimum Gasteiger partial charge on any atom is -0.481 e. The van der Waals surface area contributed by atoms with Crippen molar-refractivity contribution in [2.24, 2.45) is 0 Å². The first-order chi connectivity index (χ1) is 5.95. The molecule has 78 valence electrons. The molecule has 1 N–H and O–H groups in total. The first-order valence-electron chi connectivity index (χ1n) is 3.80. The molecule has 0 heterocycles. The molecule has 0 aliphatic carbocycles. The molecular weight excluding hydrogens is 187 g/mol. The van der Waals surface area contributed by atoms with Crippen LogP contribution in [0.5, 0.6) is 0 Å². The van der Waals surface area contributed by atoms with Crippen LogP contribution in [0.2, 0.25) is 0 Å². The summed E-state index contributed by atoms with van der Waals surface area (Å²) < 4.78 is 43.5. The van der Waals surface area contributed by atoms with Crippen LogP contribution in [-0.4, -0.2) is 31.9 Å². The predicted octanol–water partition coefficient (Wildman–Crippen LogP) is 1.97. The number of hydrogen-bond donors (Lipinski definition) is 1. The lowest BCUT2D eigenvalue weighted by Crippen LogP contribution is -2.18. The van der Waals surface area contributed by atoms with Crippen molar-refractivity contribution in [1.82, 2.24) is 0 Å². The van der Waals surface area contributed by atoms with Crippen molar-refractivity contribution in [3.63, 3.8) is 0 Å². The van der Waals surface area contributed by atoms with Gasteiger partial charge in [-0.25, -0.2) is 0 Å². The van der Waals surface area contributed by atoms with E-state index in [1.807, 2.05) is 0 Å². The fraction of sp³-hybridized carbons (Fsp3) is 0.857. The van der Waals surface area contributed by atoms with Crippen molar-refractivity contribution in [2.45, 2.75) is 19.5 Å². The van der Waals surface area contributed by atoms with E-state index in [0.717, 1.165) is 0 Å². The van der Waals surface area contributed by atoms with Gasteiger partial charge < -0.3 is 9.47 Å². The van der Waals surface area contributed by atoms with Crippen LogP contribution in [0.1, 0.15) is 13.3 Å². The maximum atomic E-state index is 11.5. The third kappa shape index (κ3) is 9.13. The van der Waals surface area contributed by atoms with Crippen molar-refractivity contribution in [2.75, 3.05) is 19.8 Å². The lowest BCUT2D eigenvalue weighted by molar-refractivity contribution is -0.173. The summed E-state index contributed by atoms with van der Waals surface area (Å²) in [6.07, 6.45) is -4.22. The maximum absolute atomic E-state index is 11.5. The summed E-state index contributed by atoms with van der Waals surface area (Å²) in [5.74, 6) is -0.0512. The molecule has 0 rings (SSSR count). The first-order valence-corrected chi connectivity index (χ1v) is 3.80. The molecule has 0 fully saturated rings. The first kappa shape index (κ1) is 12.2. The van der Waals surface area contributed by atoms with E-state index < -0.39 is 12.8 Å². The Kier molecular flexibility index (Phi) is 5.45. The molecule has 3 nitrogen and oxygen atoms in total. The van der Waals surface area contributed by atoms with Crippen LogP contribution in [0.3, 0.4) is 0 Å². The largest absolute Gasteiger partial charge is 0.481 e. The van der Waals surface area contributed by atoms with Gasteiger partial charge in [0, 0.05) is 6.42 Å². The highest BCUT2D eigenvalue weighted by atomic mass is 19.4. The summed E-state index contributed by atoms with van der Waals surface area (Å²) in [7, 11) is 0. The lowest BCUT2D eigenvalue weighted by atomic mass is 10.4. The minimum absolute atomic E-state index is 0.0512. The van der Waals surface area contributed by atoms with Gasteiger partial charge in [0.1, 0.15) is 6.61 Å². The third-order valence-corrected chi connectivity index (χ3v) is 1.06. The van der Waals surface area contributed by atoms with Gasteiger partial charge in [0.25, 0.3) is 0 Å². The van der Waals surface area contributed by atoms with Crippen molar-refractivity contribution in [1.29, 1.82) is 5.41 Å². The van der Waals surface area contributed by atoms with Crippen LogP contribution in [0.4, 0.5) is 13.2 Å². The SMILES string of the molecule is CCOC(=N)CCOCC(F)(F)F. The van der Waals surface area contributed by atoms with E-state index in [1.165, 1.54) is 0 Å². The van der Waals surface area contributed by atoms with Gasteiger partial charge in [0.15, 0.2) is 5.90 Å². The van der Waals surface area contributed by atoms with Crippen molar-refractivity contribution in [3.8, 4) is 0 Å². The zero-order valence-electron chi connectivity index (χ0n) is 7.28. The second-order valence-corrected chi connectivity index (χ2v) is 2.27. The lowest BCUT2D eigenvalue weighted by Gasteiger charge is -2.08. The van der Waals surface area contributed by atoms with Gasteiger partial charge >= 0.3 is 6.18 Å². The van der Waals surface area contributed by atoms with Gasteiger partial charge in [-0.15, -0.1) is 0 Å². The van der Waals surface area contributed by atoms with E-state index in [0.29, 0.717) is 6.61 Å². The maximum Gasteiger partial charge on any atom is 0.411 e.